The highest BCUT2D eigenvalue weighted by Gasteiger charge is 2.28. The Morgan fingerprint density at radius 1 is 1.45 bits per heavy atom. The first-order chi connectivity index (χ1) is 10.2. The van der Waals surface area contributed by atoms with E-state index in [0.717, 1.165) is 0 Å². The summed E-state index contributed by atoms with van der Waals surface area (Å²) in [6.07, 6.45) is 0. The molecule has 2 rings (SSSR count). The number of H-pyrrole nitrogens is 1. The molecule has 0 amide bonds. The fraction of sp³-hybridized carbons (Fsp3) is 0.231. The summed E-state index contributed by atoms with van der Waals surface area (Å²) in [4.78, 5) is 38.5. The van der Waals surface area contributed by atoms with Crippen molar-refractivity contribution in [2.75, 3.05) is 19.0 Å². The molecule has 0 saturated carbocycles. The maximum Gasteiger partial charge on any atom is 0.341 e. The molecule has 1 aromatic carbocycles. The van der Waals surface area contributed by atoms with E-state index in [1.54, 1.807) is 0 Å². The highest BCUT2D eigenvalue weighted by molar-refractivity contribution is 6.34. The number of carboxylic acids is 1. The van der Waals surface area contributed by atoms with Crippen LogP contribution in [0.5, 0.6) is 0 Å². The first-order valence-electron chi connectivity index (χ1n) is 6.10. The molecule has 2 N–H and O–H groups in total. The van der Waals surface area contributed by atoms with Gasteiger partial charge in [-0.1, -0.05) is 11.6 Å². The number of hydrogen-bond donors (Lipinski definition) is 2. The molecule has 1 aromatic heterocycles. The number of aromatic nitrogens is 1. The number of aromatic amines is 1. The number of carboxylic acid groups (broad SMARTS) is 1. The Hall–Kier alpha value is -2.61. The third-order valence-corrected chi connectivity index (χ3v) is 3.51. The highest BCUT2D eigenvalue weighted by Crippen LogP contribution is 2.39. The largest absolute Gasteiger partial charge is 0.477 e. The number of nitrogens with zero attached hydrogens (tertiary/aromatic N) is 2. The molecule has 116 valence electrons. The normalized spacial score (nSPS) is 10.7. The van der Waals surface area contributed by atoms with Crippen LogP contribution in [0.3, 0.4) is 0 Å². The Balaban J connectivity index is 3.15. The molecule has 0 aliphatic rings. The minimum atomic E-state index is -1.40. The highest BCUT2D eigenvalue weighted by atomic mass is 35.5. The van der Waals surface area contributed by atoms with Crippen molar-refractivity contribution in [3.05, 3.63) is 42.7 Å². The fourth-order valence-corrected chi connectivity index (χ4v) is 2.65. The second-order valence-electron chi connectivity index (χ2n) is 4.89. The van der Waals surface area contributed by atoms with Crippen LogP contribution in [0.1, 0.15) is 16.1 Å². The van der Waals surface area contributed by atoms with Crippen LogP contribution in [0, 0.1) is 17.0 Å². The number of nitro benzene ring substituents is 1. The van der Waals surface area contributed by atoms with Gasteiger partial charge < -0.3 is 15.0 Å². The summed E-state index contributed by atoms with van der Waals surface area (Å²) in [5.74, 6) is -1.40. The summed E-state index contributed by atoms with van der Waals surface area (Å²) in [5, 5.41) is 20.2. The van der Waals surface area contributed by atoms with Crippen molar-refractivity contribution >= 4 is 39.8 Å². The van der Waals surface area contributed by atoms with Crippen LogP contribution in [-0.2, 0) is 0 Å². The van der Waals surface area contributed by atoms with Crippen LogP contribution >= 0.6 is 11.6 Å². The van der Waals surface area contributed by atoms with Crippen LogP contribution < -0.4 is 10.3 Å². The molecule has 0 bridgehead atoms. The molecule has 0 saturated heterocycles. The summed E-state index contributed by atoms with van der Waals surface area (Å²) >= 11 is 5.95. The van der Waals surface area contributed by atoms with Gasteiger partial charge in [0, 0.05) is 19.8 Å². The number of nitrogens with one attached hydrogen (secondary N) is 1. The van der Waals surface area contributed by atoms with Gasteiger partial charge in [0.2, 0.25) is 5.43 Å². The van der Waals surface area contributed by atoms with Crippen molar-refractivity contribution in [1.29, 1.82) is 0 Å². The van der Waals surface area contributed by atoms with Crippen LogP contribution in [0.15, 0.2) is 10.9 Å². The first kappa shape index (κ1) is 15.8. The Morgan fingerprint density at radius 3 is 2.50 bits per heavy atom. The average Bonchev–Trinajstić information content (AvgIpc) is 2.35. The predicted molar refractivity (Wildman–Crippen MR) is 82.3 cm³/mol. The predicted octanol–water partition coefficient (Wildman–Crippen LogP) is 2.16. The van der Waals surface area contributed by atoms with E-state index in [-0.39, 0.29) is 27.3 Å². The molecule has 2 aromatic rings. The number of benzene rings is 1. The molecule has 0 fully saturated rings. The zero-order valence-electron chi connectivity index (χ0n) is 11.9. The Bertz CT molecular complexity index is 867. The van der Waals surface area contributed by atoms with Crippen LogP contribution in [0.4, 0.5) is 11.4 Å². The lowest BCUT2D eigenvalue weighted by Gasteiger charge is -2.17. The van der Waals surface area contributed by atoms with Crippen molar-refractivity contribution in [1.82, 2.24) is 4.98 Å². The SMILES string of the molecule is Cc1[nH]c2cc(Cl)c([N+](=O)[O-])c(N(C)C)c2c(=O)c1C(=O)O. The Labute approximate surface area is 129 Å². The van der Waals surface area contributed by atoms with Gasteiger partial charge in [-0.3, -0.25) is 14.9 Å². The maximum atomic E-state index is 12.5. The lowest BCUT2D eigenvalue weighted by Crippen LogP contribution is -2.22. The molecule has 0 radical (unpaired) electrons. The lowest BCUT2D eigenvalue weighted by molar-refractivity contribution is -0.383. The molecule has 22 heavy (non-hydrogen) atoms. The second kappa shape index (κ2) is 5.30. The number of rotatable bonds is 3. The number of carbonyl (C=O) groups is 1. The fourth-order valence-electron chi connectivity index (χ4n) is 2.38. The summed E-state index contributed by atoms with van der Waals surface area (Å²) < 4.78 is 0. The molecule has 0 spiro atoms. The number of aromatic carboxylic acids is 1. The minimum absolute atomic E-state index is 0.0312. The van der Waals surface area contributed by atoms with E-state index < -0.39 is 27.6 Å². The molecule has 0 unspecified atom stereocenters. The van der Waals surface area contributed by atoms with Gasteiger partial charge in [0.1, 0.15) is 16.3 Å². The molecule has 1 heterocycles. The van der Waals surface area contributed by atoms with E-state index in [0.29, 0.717) is 0 Å². The van der Waals surface area contributed by atoms with Crippen molar-refractivity contribution in [2.45, 2.75) is 6.92 Å². The number of anilines is 1. The van der Waals surface area contributed by atoms with Crippen molar-refractivity contribution in [2.24, 2.45) is 0 Å². The number of hydrogen-bond acceptors (Lipinski definition) is 5. The first-order valence-corrected chi connectivity index (χ1v) is 6.48. The van der Waals surface area contributed by atoms with Gasteiger partial charge in [-0.15, -0.1) is 0 Å². The Morgan fingerprint density at radius 2 is 2.05 bits per heavy atom. The van der Waals surface area contributed by atoms with Gasteiger partial charge >= 0.3 is 11.7 Å². The maximum absolute atomic E-state index is 12.5. The zero-order valence-corrected chi connectivity index (χ0v) is 12.7. The van der Waals surface area contributed by atoms with Crippen LogP contribution in [0.25, 0.3) is 10.9 Å². The van der Waals surface area contributed by atoms with E-state index in [4.69, 9.17) is 11.6 Å². The molecule has 9 heteroatoms. The minimum Gasteiger partial charge on any atom is -0.477 e. The average molecular weight is 326 g/mol. The molecular formula is C13H12ClN3O5. The van der Waals surface area contributed by atoms with E-state index in [2.05, 4.69) is 4.98 Å². The van der Waals surface area contributed by atoms with E-state index in [1.165, 1.54) is 32.0 Å². The van der Waals surface area contributed by atoms with E-state index in [9.17, 15) is 24.8 Å². The van der Waals surface area contributed by atoms with E-state index >= 15 is 0 Å². The van der Waals surface area contributed by atoms with Gasteiger partial charge in [0.05, 0.1) is 15.8 Å². The summed E-state index contributed by atoms with van der Waals surface area (Å²) in [6, 6.07) is 1.25. The van der Waals surface area contributed by atoms with Gasteiger partial charge in [0.15, 0.2) is 0 Å². The van der Waals surface area contributed by atoms with Crippen LogP contribution in [-0.4, -0.2) is 35.1 Å². The monoisotopic (exact) mass is 325 g/mol. The van der Waals surface area contributed by atoms with Gasteiger partial charge in [-0.05, 0) is 13.0 Å². The van der Waals surface area contributed by atoms with Gasteiger partial charge in [-0.2, -0.15) is 0 Å². The van der Waals surface area contributed by atoms with Crippen molar-refractivity contribution in [3.63, 3.8) is 0 Å². The second-order valence-corrected chi connectivity index (χ2v) is 5.30. The van der Waals surface area contributed by atoms with Crippen molar-refractivity contribution < 1.29 is 14.8 Å². The smallest absolute Gasteiger partial charge is 0.341 e. The summed E-state index contributed by atoms with van der Waals surface area (Å²) in [6.45, 7) is 1.44. The van der Waals surface area contributed by atoms with Gasteiger partial charge in [0.25, 0.3) is 0 Å². The molecule has 0 aliphatic heterocycles. The summed E-state index contributed by atoms with van der Waals surface area (Å²) in [5.41, 5.74) is -1.32. The standard InChI is InChI=1S/C13H12ClN3O5/c1-5-8(13(19)20)12(18)9-7(15-5)4-6(14)10(17(21)22)11(9)16(2)3/h4H,1-3H3,(H,15,18)(H,19,20). The number of nitro groups is 1. The van der Waals surface area contributed by atoms with E-state index in [1.807, 2.05) is 0 Å². The lowest BCUT2D eigenvalue weighted by atomic mass is 10.1. The zero-order chi connectivity index (χ0) is 16.8. The molecular weight excluding hydrogens is 314 g/mol. The molecule has 0 atom stereocenters. The van der Waals surface area contributed by atoms with Crippen molar-refractivity contribution in [3.8, 4) is 0 Å². The van der Waals surface area contributed by atoms with Gasteiger partial charge in [-0.25, -0.2) is 4.79 Å². The van der Waals surface area contributed by atoms with Crippen LogP contribution in [0.2, 0.25) is 5.02 Å². The number of fused-ring (bicyclic) bond motifs is 1. The topological polar surface area (TPSA) is 117 Å². The Kier molecular flexibility index (Phi) is 3.80. The number of aryl methyl sites for hydroxylation is 1. The molecule has 8 nitrogen and oxygen atoms in total. The third-order valence-electron chi connectivity index (χ3n) is 3.22. The number of halogens is 1. The summed E-state index contributed by atoms with van der Waals surface area (Å²) in [7, 11) is 3.02. The molecule has 0 aliphatic carbocycles. The number of pyridine rings is 1. The quantitative estimate of drug-likeness (QED) is 0.659. The third kappa shape index (κ3) is 2.27.